The molecule has 1 aromatic carbocycles. The number of halogens is 1. The van der Waals surface area contributed by atoms with Crippen LogP contribution < -0.4 is 10.1 Å². The lowest BCUT2D eigenvalue weighted by Crippen LogP contribution is -2.29. The second-order valence-electron chi connectivity index (χ2n) is 11.4. The Morgan fingerprint density at radius 1 is 1.10 bits per heavy atom. The van der Waals surface area contributed by atoms with Crippen LogP contribution in [0.3, 0.4) is 0 Å². The van der Waals surface area contributed by atoms with Crippen molar-refractivity contribution >= 4 is 29.3 Å². The molecule has 0 radical (unpaired) electrons. The fraction of sp³-hybridized carbons (Fsp3) is 0.483. The van der Waals surface area contributed by atoms with Crippen molar-refractivity contribution in [2.45, 2.75) is 84.3 Å². The molecule has 0 aliphatic rings. The Bertz CT molecular complexity index is 1310. The van der Waals surface area contributed by atoms with Crippen LogP contribution in [0.4, 0.5) is 5.82 Å². The van der Waals surface area contributed by atoms with Crippen molar-refractivity contribution in [3.05, 3.63) is 53.8 Å². The molecular formula is C29H39ClN4O7. The Kier molecular flexibility index (Phi) is 10.8. The third-order valence-electron chi connectivity index (χ3n) is 5.86. The first kappa shape index (κ1) is 32.0. The van der Waals surface area contributed by atoms with E-state index in [4.69, 9.17) is 21.1 Å². The van der Waals surface area contributed by atoms with Crippen molar-refractivity contribution in [1.82, 2.24) is 14.3 Å². The van der Waals surface area contributed by atoms with Crippen LogP contribution in [-0.4, -0.2) is 59.4 Å². The number of ether oxygens (including phenoxy) is 2. The summed E-state index contributed by atoms with van der Waals surface area (Å²) in [5, 5.41) is 38.7. The van der Waals surface area contributed by atoms with Gasteiger partial charge in [-0.05, 0) is 45.2 Å². The molecule has 1 amide bonds. The zero-order chi connectivity index (χ0) is 30.3. The van der Waals surface area contributed by atoms with Gasteiger partial charge in [0.25, 0.3) is 0 Å². The molecule has 2 aromatic heterocycles. The number of esters is 1. The maximum atomic E-state index is 13.3. The van der Waals surface area contributed by atoms with E-state index in [0.717, 1.165) is 0 Å². The van der Waals surface area contributed by atoms with E-state index in [1.807, 2.05) is 13.8 Å². The molecule has 11 nitrogen and oxygen atoms in total. The summed E-state index contributed by atoms with van der Waals surface area (Å²) in [5.41, 5.74) is -0.661. The minimum Gasteiger partial charge on any atom is -0.494 e. The first-order chi connectivity index (χ1) is 19.2. The molecule has 0 spiro atoms. The lowest BCUT2D eigenvalue weighted by Gasteiger charge is -2.21. The molecule has 0 aliphatic heterocycles. The first-order valence-corrected chi connectivity index (χ1v) is 13.8. The number of para-hydroxylation sites is 1. The second kappa shape index (κ2) is 13.9. The Labute approximate surface area is 244 Å². The minimum atomic E-state index is -1.08. The molecule has 0 bridgehead atoms. The maximum absolute atomic E-state index is 13.3. The molecule has 0 saturated heterocycles. The van der Waals surface area contributed by atoms with E-state index in [1.54, 1.807) is 63.5 Å². The van der Waals surface area contributed by atoms with Crippen LogP contribution in [0, 0.1) is 5.92 Å². The van der Waals surface area contributed by atoms with Crippen molar-refractivity contribution in [2.24, 2.45) is 5.92 Å². The quantitative estimate of drug-likeness (QED) is 0.205. The van der Waals surface area contributed by atoms with Crippen LogP contribution in [0.5, 0.6) is 17.4 Å². The smallest absolute Gasteiger partial charge is 0.308 e. The summed E-state index contributed by atoms with van der Waals surface area (Å²) < 4.78 is 13.9. The van der Waals surface area contributed by atoms with Gasteiger partial charge < -0.3 is 34.7 Å². The molecule has 41 heavy (non-hydrogen) atoms. The van der Waals surface area contributed by atoms with Crippen molar-refractivity contribution in [1.29, 1.82) is 0 Å². The van der Waals surface area contributed by atoms with Crippen LogP contribution >= 0.6 is 11.6 Å². The zero-order valence-electron chi connectivity index (χ0n) is 24.0. The molecule has 0 unspecified atom stereocenters. The highest BCUT2D eigenvalue weighted by Crippen LogP contribution is 2.34. The second-order valence-corrected chi connectivity index (χ2v) is 11.8. The van der Waals surface area contributed by atoms with E-state index in [2.05, 4.69) is 10.4 Å². The molecular weight excluding hydrogens is 552 g/mol. The lowest BCUT2D eigenvalue weighted by molar-refractivity contribution is -0.157. The Balaban J connectivity index is 1.62. The summed E-state index contributed by atoms with van der Waals surface area (Å²) in [7, 11) is 0. The van der Waals surface area contributed by atoms with Gasteiger partial charge in [0.15, 0.2) is 11.7 Å². The molecule has 3 aromatic rings. The number of carbonyl (C=O) groups excluding carboxylic acids is 2. The SMILES string of the molecule is CC(C)C[C@@H](C(=O)Nc1ccn(C[C@@H](O)C[C@@H](O)CC(=O)OC(C)(C)C)n1)n1cc(Oc2ccccc2Cl)cc1O. The van der Waals surface area contributed by atoms with E-state index >= 15 is 0 Å². The van der Waals surface area contributed by atoms with Crippen LogP contribution in [-0.2, 0) is 20.9 Å². The summed E-state index contributed by atoms with van der Waals surface area (Å²) in [4.78, 5) is 25.2. The van der Waals surface area contributed by atoms with E-state index in [9.17, 15) is 24.9 Å². The summed E-state index contributed by atoms with van der Waals surface area (Å²) in [5.74, 6) is 0.0303. The number of anilines is 1. The van der Waals surface area contributed by atoms with E-state index in [1.165, 1.54) is 15.3 Å². The number of aromatic hydroxyl groups is 1. The fourth-order valence-corrected chi connectivity index (χ4v) is 4.37. The summed E-state index contributed by atoms with van der Waals surface area (Å²) in [6, 6.07) is 9.16. The average Bonchev–Trinajstić information content (AvgIpc) is 3.42. The molecule has 0 aliphatic carbocycles. The van der Waals surface area contributed by atoms with Gasteiger partial charge in [0.05, 0.1) is 36.4 Å². The molecule has 3 atom stereocenters. The summed E-state index contributed by atoms with van der Waals surface area (Å²) in [6.07, 6.45) is 1.20. The molecule has 224 valence electrons. The molecule has 3 rings (SSSR count). The molecule has 2 heterocycles. The van der Waals surface area contributed by atoms with Gasteiger partial charge in [-0.25, -0.2) is 0 Å². The molecule has 4 N–H and O–H groups in total. The van der Waals surface area contributed by atoms with E-state index in [0.29, 0.717) is 22.9 Å². The predicted molar refractivity (Wildman–Crippen MR) is 154 cm³/mol. The fourth-order valence-electron chi connectivity index (χ4n) is 4.20. The molecule has 0 saturated carbocycles. The Morgan fingerprint density at radius 2 is 1.80 bits per heavy atom. The normalized spacial score (nSPS) is 14.0. The van der Waals surface area contributed by atoms with Crippen LogP contribution in [0.1, 0.15) is 59.9 Å². The number of benzene rings is 1. The van der Waals surface area contributed by atoms with Gasteiger partial charge in [0.2, 0.25) is 5.91 Å². The Morgan fingerprint density at radius 3 is 2.46 bits per heavy atom. The number of hydrogen-bond acceptors (Lipinski definition) is 8. The van der Waals surface area contributed by atoms with Gasteiger partial charge in [0, 0.05) is 24.8 Å². The number of carbonyl (C=O) groups is 2. The highest BCUT2D eigenvalue weighted by molar-refractivity contribution is 6.32. The highest BCUT2D eigenvalue weighted by atomic mass is 35.5. The number of rotatable bonds is 13. The number of nitrogens with one attached hydrogen (secondary N) is 1. The van der Waals surface area contributed by atoms with E-state index < -0.39 is 35.7 Å². The van der Waals surface area contributed by atoms with Gasteiger partial charge in [-0.15, -0.1) is 0 Å². The van der Waals surface area contributed by atoms with Crippen LogP contribution in [0.2, 0.25) is 5.02 Å². The maximum Gasteiger partial charge on any atom is 0.308 e. The third-order valence-corrected chi connectivity index (χ3v) is 6.17. The molecule has 12 heteroatoms. The number of aliphatic hydroxyl groups is 2. The number of hydrogen-bond donors (Lipinski definition) is 4. The summed E-state index contributed by atoms with van der Waals surface area (Å²) in [6.45, 7) is 9.18. The predicted octanol–water partition coefficient (Wildman–Crippen LogP) is 4.91. The topological polar surface area (TPSA) is 148 Å². The monoisotopic (exact) mass is 590 g/mol. The van der Waals surface area contributed by atoms with E-state index in [-0.39, 0.29) is 37.0 Å². The zero-order valence-corrected chi connectivity index (χ0v) is 24.7. The first-order valence-electron chi connectivity index (χ1n) is 13.5. The number of aromatic nitrogens is 3. The number of amides is 1. The van der Waals surface area contributed by atoms with Gasteiger partial charge >= 0.3 is 5.97 Å². The van der Waals surface area contributed by atoms with Crippen molar-refractivity contribution in [3.63, 3.8) is 0 Å². The number of aliphatic hydroxyl groups excluding tert-OH is 2. The van der Waals surface area contributed by atoms with Crippen LogP contribution in [0.15, 0.2) is 48.8 Å². The van der Waals surface area contributed by atoms with Crippen molar-refractivity contribution < 1.29 is 34.4 Å². The van der Waals surface area contributed by atoms with Gasteiger partial charge in [0.1, 0.15) is 23.1 Å². The van der Waals surface area contributed by atoms with Crippen molar-refractivity contribution in [3.8, 4) is 17.4 Å². The third kappa shape index (κ3) is 10.1. The molecule has 0 fully saturated rings. The lowest BCUT2D eigenvalue weighted by atomic mass is 10.0. The largest absolute Gasteiger partial charge is 0.494 e. The van der Waals surface area contributed by atoms with Crippen LogP contribution in [0.25, 0.3) is 0 Å². The standard InChI is InChI=1S/C29H39ClN4O7/c1-18(2)12-23(34-17-21(15-26(34)37)40-24-9-7-6-8-22(24)30)28(39)31-25-10-11-33(32-25)16-20(36)13-19(35)14-27(38)41-29(3,4)5/h6-11,15,17-20,23,35-37H,12-14,16H2,1-5H3,(H,31,32,39)/t19-,20+,23+/m1/s1. The summed E-state index contributed by atoms with van der Waals surface area (Å²) >= 11 is 6.18. The minimum absolute atomic E-state index is 0.0395. The average molecular weight is 591 g/mol. The van der Waals surface area contributed by atoms with Gasteiger partial charge in [-0.2, -0.15) is 5.10 Å². The Hall–Kier alpha value is -3.54. The van der Waals surface area contributed by atoms with Crippen molar-refractivity contribution in [2.75, 3.05) is 5.32 Å². The number of nitrogens with zero attached hydrogens (tertiary/aromatic N) is 3. The highest BCUT2D eigenvalue weighted by Gasteiger charge is 2.26. The van der Waals surface area contributed by atoms with Gasteiger partial charge in [-0.3, -0.25) is 14.3 Å². The van der Waals surface area contributed by atoms with Gasteiger partial charge in [-0.1, -0.05) is 37.6 Å².